The van der Waals surface area contributed by atoms with E-state index in [0.717, 1.165) is 16.7 Å². The van der Waals surface area contributed by atoms with E-state index in [1.165, 1.54) is 12.1 Å². The second-order valence-electron chi connectivity index (χ2n) is 12.0. The number of ether oxygens (including phenoxy) is 1. The number of rotatable bonds is 11. The molecular weight excluding hydrogens is 550 g/mol. The van der Waals surface area contributed by atoms with Gasteiger partial charge in [0.15, 0.2) is 0 Å². The van der Waals surface area contributed by atoms with Crippen molar-refractivity contribution < 1.29 is 29.5 Å². The largest absolute Gasteiger partial charge is 0.444 e. The normalized spacial score (nSPS) is 18.2. The molecule has 10 heteroatoms. The summed E-state index contributed by atoms with van der Waals surface area (Å²) in [5, 5.41) is 39.2. The molecule has 43 heavy (non-hydrogen) atoms. The quantitative estimate of drug-likeness (QED) is 0.191. The van der Waals surface area contributed by atoms with E-state index in [4.69, 9.17) is 4.74 Å². The zero-order chi connectivity index (χ0) is 31.1. The molecule has 0 radical (unpaired) electrons. The summed E-state index contributed by atoms with van der Waals surface area (Å²) in [6, 6.07) is 21.4. The summed E-state index contributed by atoms with van der Waals surface area (Å²) in [5.41, 5.74) is 2.53. The first-order valence-electron chi connectivity index (χ1n) is 14.4. The van der Waals surface area contributed by atoms with Crippen molar-refractivity contribution >= 4 is 17.7 Å². The fraction of sp³-hybridized carbons (Fsp3) is 0.394. The lowest BCUT2D eigenvalue weighted by molar-refractivity contribution is -0.384. The van der Waals surface area contributed by atoms with Gasteiger partial charge in [0.2, 0.25) is 5.91 Å². The van der Waals surface area contributed by atoms with Crippen molar-refractivity contribution in [3.05, 3.63) is 111 Å². The van der Waals surface area contributed by atoms with Crippen molar-refractivity contribution in [2.75, 3.05) is 0 Å². The number of carbonyl (C=O) groups excluding carboxylic acids is 2. The molecular formula is C33H39N3O7. The van der Waals surface area contributed by atoms with Crippen LogP contribution in [0.4, 0.5) is 10.5 Å². The maximum Gasteiger partial charge on any atom is 0.407 e. The number of fused-ring (bicyclic) bond motifs is 1. The van der Waals surface area contributed by atoms with Crippen LogP contribution in [0.15, 0.2) is 78.9 Å². The summed E-state index contributed by atoms with van der Waals surface area (Å²) in [6.07, 6.45) is -1.78. The van der Waals surface area contributed by atoms with Gasteiger partial charge in [0.25, 0.3) is 5.69 Å². The number of nitrogens with zero attached hydrogens (tertiary/aromatic N) is 1. The van der Waals surface area contributed by atoms with E-state index in [-0.39, 0.29) is 24.4 Å². The minimum Gasteiger partial charge on any atom is -0.444 e. The average Bonchev–Trinajstić information content (AvgIpc) is 3.26. The smallest absolute Gasteiger partial charge is 0.407 e. The van der Waals surface area contributed by atoms with Gasteiger partial charge in [-0.05, 0) is 62.3 Å². The average molecular weight is 590 g/mol. The summed E-state index contributed by atoms with van der Waals surface area (Å²) >= 11 is 0. The van der Waals surface area contributed by atoms with Gasteiger partial charge in [-0.1, -0.05) is 66.7 Å². The van der Waals surface area contributed by atoms with Gasteiger partial charge in [0.05, 0.1) is 29.2 Å². The number of non-ortho nitro benzene ring substituents is 1. The number of alkyl carbamates (subject to hydrolysis) is 1. The van der Waals surface area contributed by atoms with E-state index < -0.39 is 46.8 Å². The van der Waals surface area contributed by atoms with Gasteiger partial charge in [-0.25, -0.2) is 4.79 Å². The Morgan fingerprint density at radius 1 is 0.977 bits per heavy atom. The molecule has 228 valence electrons. The van der Waals surface area contributed by atoms with Gasteiger partial charge in [-0.3, -0.25) is 14.9 Å². The molecule has 0 fully saturated rings. The number of benzene rings is 3. The van der Waals surface area contributed by atoms with Crippen LogP contribution in [0.1, 0.15) is 55.5 Å². The molecule has 1 unspecified atom stereocenters. The molecule has 1 aliphatic rings. The first-order valence-corrected chi connectivity index (χ1v) is 14.4. The Bertz CT molecular complexity index is 1410. The number of nitrogens with one attached hydrogen (secondary N) is 2. The third kappa shape index (κ3) is 8.86. The van der Waals surface area contributed by atoms with Crippen molar-refractivity contribution in [3.63, 3.8) is 0 Å². The molecule has 1 aliphatic carbocycles. The second kappa shape index (κ2) is 13.8. The van der Waals surface area contributed by atoms with Crippen LogP contribution in [-0.2, 0) is 28.8 Å². The van der Waals surface area contributed by atoms with Crippen LogP contribution < -0.4 is 10.6 Å². The lowest BCUT2D eigenvalue weighted by atomic mass is 9.88. The number of carbonyl (C=O) groups is 2. The molecule has 3 aromatic rings. The summed E-state index contributed by atoms with van der Waals surface area (Å²) in [7, 11) is 0. The highest BCUT2D eigenvalue weighted by Gasteiger charge is 2.35. The predicted molar refractivity (Wildman–Crippen MR) is 161 cm³/mol. The van der Waals surface area contributed by atoms with Crippen LogP contribution >= 0.6 is 0 Å². The van der Waals surface area contributed by atoms with Gasteiger partial charge in [-0.15, -0.1) is 0 Å². The van der Waals surface area contributed by atoms with Crippen molar-refractivity contribution in [2.45, 2.75) is 76.3 Å². The SMILES string of the molecule is CC(C)(C)OC(=O)NC(Cc1ccccc1)[C@@H](O)C[C@@H](Cc1ccc([N+](=O)[O-])cc1)C(=O)N[C@H]1c2ccccc2C[C@H]1O. The zero-order valence-corrected chi connectivity index (χ0v) is 24.6. The van der Waals surface area contributed by atoms with Gasteiger partial charge in [0, 0.05) is 24.5 Å². The highest BCUT2D eigenvalue weighted by atomic mass is 16.6. The number of aliphatic hydroxyl groups is 2. The fourth-order valence-corrected chi connectivity index (χ4v) is 5.41. The van der Waals surface area contributed by atoms with E-state index in [2.05, 4.69) is 10.6 Å². The van der Waals surface area contributed by atoms with Crippen molar-refractivity contribution in [1.82, 2.24) is 10.6 Å². The Kier molecular flexibility index (Phi) is 10.2. The van der Waals surface area contributed by atoms with Gasteiger partial charge in [-0.2, -0.15) is 0 Å². The zero-order valence-electron chi connectivity index (χ0n) is 24.6. The molecule has 0 saturated carbocycles. The fourth-order valence-electron chi connectivity index (χ4n) is 5.41. The Hall–Kier alpha value is -4.28. The molecule has 4 N–H and O–H groups in total. The Labute approximate surface area is 251 Å². The molecule has 0 aromatic heterocycles. The van der Waals surface area contributed by atoms with Crippen LogP contribution in [-0.4, -0.2) is 51.0 Å². The van der Waals surface area contributed by atoms with Gasteiger partial charge < -0.3 is 25.6 Å². The molecule has 0 heterocycles. The van der Waals surface area contributed by atoms with E-state index >= 15 is 0 Å². The summed E-state index contributed by atoms with van der Waals surface area (Å²) in [4.78, 5) is 37.2. The monoisotopic (exact) mass is 589 g/mol. The number of hydrogen-bond donors (Lipinski definition) is 4. The molecule has 4 rings (SSSR count). The van der Waals surface area contributed by atoms with Gasteiger partial charge in [0.1, 0.15) is 5.60 Å². The third-order valence-electron chi connectivity index (χ3n) is 7.49. The van der Waals surface area contributed by atoms with E-state index in [1.54, 1.807) is 32.9 Å². The number of amides is 2. The molecule has 0 aliphatic heterocycles. The Morgan fingerprint density at radius 3 is 2.26 bits per heavy atom. The first kappa shape index (κ1) is 31.7. The summed E-state index contributed by atoms with van der Waals surface area (Å²) < 4.78 is 5.45. The van der Waals surface area contributed by atoms with E-state index in [9.17, 15) is 29.9 Å². The van der Waals surface area contributed by atoms with Crippen LogP contribution in [0.3, 0.4) is 0 Å². The predicted octanol–water partition coefficient (Wildman–Crippen LogP) is 4.42. The first-order chi connectivity index (χ1) is 20.4. The number of nitro groups is 1. The maximum atomic E-state index is 13.8. The molecule has 3 aromatic carbocycles. The summed E-state index contributed by atoms with van der Waals surface area (Å²) in [6.45, 7) is 5.24. The lowest BCUT2D eigenvalue weighted by Gasteiger charge is -2.29. The maximum absolute atomic E-state index is 13.8. The van der Waals surface area contributed by atoms with Crippen LogP contribution in [0.5, 0.6) is 0 Å². The number of hydrogen-bond acceptors (Lipinski definition) is 7. The molecule has 2 amide bonds. The lowest BCUT2D eigenvalue weighted by Crippen LogP contribution is -2.48. The Balaban J connectivity index is 1.58. The highest BCUT2D eigenvalue weighted by molar-refractivity contribution is 5.80. The van der Waals surface area contributed by atoms with Crippen molar-refractivity contribution in [2.24, 2.45) is 5.92 Å². The Morgan fingerprint density at radius 2 is 1.60 bits per heavy atom. The van der Waals surface area contributed by atoms with Crippen LogP contribution in [0.25, 0.3) is 0 Å². The van der Waals surface area contributed by atoms with Crippen LogP contribution in [0, 0.1) is 16.0 Å². The van der Waals surface area contributed by atoms with Crippen molar-refractivity contribution in [1.29, 1.82) is 0 Å². The second-order valence-corrected chi connectivity index (χ2v) is 12.0. The molecule has 0 spiro atoms. The number of aliphatic hydroxyl groups excluding tert-OH is 2. The van der Waals surface area contributed by atoms with E-state index in [0.29, 0.717) is 18.4 Å². The minimum atomic E-state index is -1.15. The molecule has 0 saturated heterocycles. The molecule has 5 atom stereocenters. The van der Waals surface area contributed by atoms with E-state index in [1.807, 2.05) is 54.6 Å². The molecule has 10 nitrogen and oxygen atoms in total. The molecule has 0 bridgehead atoms. The number of nitro benzene ring substituents is 1. The highest BCUT2D eigenvalue weighted by Crippen LogP contribution is 2.32. The third-order valence-corrected chi connectivity index (χ3v) is 7.49. The van der Waals surface area contributed by atoms with Crippen LogP contribution in [0.2, 0.25) is 0 Å². The standard InChI is InChI=1S/C33H39N3O7/c1-33(2,3)43-32(40)34-27(18-21-9-5-4-6-10-21)28(37)20-24(17-22-13-15-25(16-14-22)36(41)42)31(39)35-30-26-12-8-7-11-23(26)19-29(30)38/h4-16,24,27-30,37-38H,17-20H2,1-3H3,(H,34,40)(H,35,39)/t24-,27?,28+,29-,30+/m1/s1. The summed E-state index contributed by atoms with van der Waals surface area (Å²) in [5.74, 6) is -1.16. The minimum absolute atomic E-state index is 0.0272. The van der Waals surface area contributed by atoms with Gasteiger partial charge >= 0.3 is 6.09 Å². The van der Waals surface area contributed by atoms with Crippen molar-refractivity contribution in [3.8, 4) is 0 Å². The topological polar surface area (TPSA) is 151 Å².